The van der Waals surface area contributed by atoms with E-state index in [0.717, 1.165) is 5.56 Å². The summed E-state index contributed by atoms with van der Waals surface area (Å²) < 4.78 is 5.01. The molecule has 1 heterocycles. The number of rotatable bonds is 3. The highest BCUT2D eigenvalue weighted by molar-refractivity contribution is 5.90. The Morgan fingerprint density at radius 3 is 2.58 bits per heavy atom. The summed E-state index contributed by atoms with van der Waals surface area (Å²) in [5.41, 5.74) is 2.41. The Labute approximate surface area is 112 Å². The number of hydrogen-bond acceptors (Lipinski definition) is 3. The van der Waals surface area contributed by atoms with Gasteiger partial charge in [0.1, 0.15) is 11.4 Å². The van der Waals surface area contributed by atoms with Gasteiger partial charge in [0.2, 0.25) is 0 Å². The molecule has 2 rings (SSSR count). The van der Waals surface area contributed by atoms with Gasteiger partial charge in [0, 0.05) is 13.6 Å². The quantitative estimate of drug-likeness (QED) is 0.921. The third-order valence-electron chi connectivity index (χ3n) is 2.87. The van der Waals surface area contributed by atoms with Crippen LogP contribution in [0.4, 0.5) is 10.5 Å². The second-order valence-corrected chi connectivity index (χ2v) is 4.47. The summed E-state index contributed by atoms with van der Waals surface area (Å²) in [6.45, 7) is 4.12. The zero-order chi connectivity index (χ0) is 13.8. The van der Waals surface area contributed by atoms with Gasteiger partial charge in [-0.25, -0.2) is 4.79 Å². The highest BCUT2D eigenvalue weighted by Gasteiger charge is 2.15. The predicted octanol–water partition coefficient (Wildman–Crippen LogP) is 2.96. The molecular weight excluding hydrogens is 242 g/mol. The topological polar surface area (TPSA) is 58.4 Å². The number of hydrogen-bond donors (Lipinski definition) is 1. The number of carbonyl (C=O) groups is 1. The molecule has 0 spiro atoms. The average molecular weight is 259 g/mol. The average Bonchev–Trinajstić information content (AvgIpc) is 2.71. The minimum Gasteiger partial charge on any atom is -0.359 e. The number of benzene rings is 1. The van der Waals surface area contributed by atoms with Crippen molar-refractivity contribution in [2.24, 2.45) is 0 Å². The maximum atomic E-state index is 12.1. The first kappa shape index (κ1) is 13.1. The monoisotopic (exact) mass is 259 g/mol. The molecule has 0 saturated carbocycles. The van der Waals surface area contributed by atoms with Gasteiger partial charge in [-0.2, -0.15) is 0 Å². The standard InChI is InChI=1S/C14H17N3O2/c1-10-13(11(2)19-16-10)15-14(18)17(3)9-12-7-5-4-6-8-12/h4-8H,9H2,1-3H3,(H,15,18). The second kappa shape index (κ2) is 5.56. The number of carbonyl (C=O) groups excluding carboxylic acids is 1. The van der Waals surface area contributed by atoms with Crippen LogP contribution in [0.15, 0.2) is 34.9 Å². The molecule has 1 aromatic carbocycles. The SMILES string of the molecule is Cc1noc(C)c1NC(=O)N(C)Cc1ccccc1. The van der Waals surface area contributed by atoms with Gasteiger partial charge in [-0.1, -0.05) is 35.5 Å². The zero-order valence-corrected chi connectivity index (χ0v) is 11.3. The molecular formula is C14H17N3O2. The number of amides is 2. The minimum atomic E-state index is -0.182. The Morgan fingerprint density at radius 2 is 2.00 bits per heavy atom. The first-order valence-corrected chi connectivity index (χ1v) is 6.07. The molecule has 0 radical (unpaired) electrons. The fourth-order valence-corrected chi connectivity index (χ4v) is 1.79. The van der Waals surface area contributed by atoms with E-state index in [4.69, 9.17) is 4.52 Å². The van der Waals surface area contributed by atoms with Crippen LogP contribution >= 0.6 is 0 Å². The Kier molecular flexibility index (Phi) is 3.85. The van der Waals surface area contributed by atoms with Crippen LogP contribution in [0.2, 0.25) is 0 Å². The summed E-state index contributed by atoms with van der Waals surface area (Å²) in [5, 5.41) is 6.61. The summed E-state index contributed by atoms with van der Waals surface area (Å²) in [6.07, 6.45) is 0. The van der Waals surface area contributed by atoms with Crippen LogP contribution in [0.3, 0.4) is 0 Å². The molecule has 5 nitrogen and oxygen atoms in total. The van der Waals surface area contributed by atoms with Crippen LogP contribution in [0.5, 0.6) is 0 Å². The Bertz CT molecular complexity index is 544. The molecule has 19 heavy (non-hydrogen) atoms. The van der Waals surface area contributed by atoms with Crippen molar-refractivity contribution in [3.63, 3.8) is 0 Å². The Morgan fingerprint density at radius 1 is 1.32 bits per heavy atom. The molecule has 5 heteroatoms. The van der Waals surface area contributed by atoms with Crippen molar-refractivity contribution < 1.29 is 9.32 Å². The molecule has 1 N–H and O–H groups in total. The summed E-state index contributed by atoms with van der Waals surface area (Å²) >= 11 is 0. The van der Waals surface area contributed by atoms with Crippen molar-refractivity contribution in [1.82, 2.24) is 10.1 Å². The Hall–Kier alpha value is -2.30. The lowest BCUT2D eigenvalue weighted by atomic mass is 10.2. The zero-order valence-electron chi connectivity index (χ0n) is 11.3. The first-order valence-electron chi connectivity index (χ1n) is 6.07. The fourth-order valence-electron chi connectivity index (χ4n) is 1.79. The molecule has 0 atom stereocenters. The van der Waals surface area contributed by atoms with Crippen LogP contribution in [0, 0.1) is 13.8 Å². The van der Waals surface area contributed by atoms with Gasteiger partial charge in [-0.3, -0.25) is 0 Å². The number of urea groups is 1. The van der Waals surface area contributed by atoms with Crippen LogP contribution in [0.25, 0.3) is 0 Å². The lowest BCUT2D eigenvalue weighted by molar-refractivity contribution is 0.220. The maximum Gasteiger partial charge on any atom is 0.322 e. The van der Waals surface area contributed by atoms with Crippen LogP contribution in [-0.4, -0.2) is 23.1 Å². The van der Waals surface area contributed by atoms with E-state index < -0.39 is 0 Å². The largest absolute Gasteiger partial charge is 0.359 e. The molecule has 100 valence electrons. The number of aromatic nitrogens is 1. The molecule has 2 aromatic rings. The molecule has 2 amide bonds. The maximum absolute atomic E-state index is 12.1. The molecule has 0 aliphatic carbocycles. The number of aryl methyl sites for hydroxylation is 2. The minimum absolute atomic E-state index is 0.182. The van der Waals surface area contributed by atoms with Crippen LogP contribution in [0.1, 0.15) is 17.0 Å². The third kappa shape index (κ3) is 3.13. The molecule has 0 aliphatic rings. The smallest absolute Gasteiger partial charge is 0.322 e. The van der Waals surface area contributed by atoms with Crippen molar-refractivity contribution in [1.29, 1.82) is 0 Å². The predicted molar refractivity (Wildman–Crippen MR) is 72.9 cm³/mol. The third-order valence-corrected chi connectivity index (χ3v) is 2.87. The van der Waals surface area contributed by atoms with Gasteiger partial charge < -0.3 is 14.7 Å². The van der Waals surface area contributed by atoms with Gasteiger partial charge in [-0.15, -0.1) is 0 Å². The normalized spacial score (nSPS) is 10.3. The van der Waals surface area contributed by atoms with E-state index in [9.17, 15) is 4.79 Å². The van der Waals surface area contributed by atoms with Gasteiger partial charge in [0.25, 0.3) is 0 Å². The van der Waals surface area contributed by atoms with E-state index in [1.807, 2.05) is 30.3 Å². The van der Waals surface area contributed by atoms with Crippen LogP contribution < -0.4 is 5.32 Å². The fraction of sp³-hybridized carbons (Fsp3) is 0.286. The highest BCUT2D eigenvalue weighted by atomic mass is 16.5. The van der Waals surface area contributed by atoms with Gasteiger partial charge in [0.05, 0.1) is 0 Å². The first-order chi connectivity index (χ1) is 9.08. The van der Waals surface area contributed by atoms with Gasteiger partial charge >= 0.3 is 6.03 Å². The molecule has 0 fully saturated rings. The van der Waals surface area contributed by atoms with E-state index in [0.29, 0.717) is 23.7 Å². The van der Waals surface area contributed by atoms with Gasteiger partial charge in [-0.05, 0) is 19.4 Å². The number of nitrogens with one attached hydrogen (secondary N) is 1. The molecule has 0 saturated heterocycles. The summed E-state index contributed by atoms with van der Waals surface area (Å²) in [6, 6.07) is 9.65. The van der Waals surface area contributed by atoms with Crippen molar-refractivity contribution in [2.45, 2.75) is 20.4 Å². The Balaban J connectivity index is 2.00. The summed E-state index contributed by atoms with van der Waals surface area (Å²) in [4.78, 5) is 13.7. The number of anilines is 1. The summed E-state index contributed by atoms with van der Waals surface area (Å²) in [7, 11) is 1.75. The van der Waals surface area contributed by atoms with Crippen molar-refractivity contribution in [3.05, 3.63) is 47.3 Å². The highest BCUT2D eigenvalue weighted by Crippen LogP contribution is 2.19. The molecule has 1 aromatic heterocycles. The van der Waals surface area contributed by atoms with E-state index >= 15 is 0 Å². The second-order valence-electron chi connectivity index (χ2n) is 4.47. The molecule has 0 bridgehead atoms. The van der Waals surface area contributed by atoms with E-state index in [1.54, 1.807) is 25.8 Å². The number of nitrogens with zero attached hydrogens (tertiary/aromatic N) is 2. The lowest BCUT2D eigenvalue weighted by Crippen LogP contribution is -2.31. The van der Waals surface area contributed by atoms with Gasteiger partial charge in [0.15, 0.2) is 5.76 Å². The summed E-state index contributed by atoms with van der Waals surface area (Å²) in [5.74, 6) is 0.610. The van der Waals surface area contributed by atoms with E-state index in [1.165, 1.54) is 0 Å². The van der Waals surface area contributed by atoms with E-state index in [2.05, 4.69) is 10.5 Å². The van der Waals surface area contributed by atoms with Crippen LogP contribution in [-0.2, 0) is 6.54 Å². The van der Waals surface area contributed by atoms with Crippen molar-refractivity contribution in [2.75, 3.05) is 12.4 Å². The lowest BCUT2D eigenvalue weighted by Gasteiger charge is -2.17. The molecule has 0 aliphatic heterocycles. The van der Waals surface area contributed by atoms with E-state index in [-0.39, 0.29) is 6.03 Å². The van der Waals surface area contributed by atoms with Crippen molar-refractivity contribution >= 4 is 11.7 Å². The molecule has 0 unspecified atom stereocenters. The van der Waals surface area contributed by atoms with Crippen molar-refractivity contribution in [3.8, 4) is 0 Å².